The van der Waals surface area contributed by atoms with E-state index in [1.54, 1.807) is 12.1 Å². The highest BCUT2D eigenvalue weighted by molar-refractivity contribution is 5.29. The second kappa shape index (κ2) is 7.60. The quantitative estimate of drug-likeness (QED) is 0.753. The van der Waals surface area contributed by atoms with Crippen LogP contribution in [-0.2, 0) is 6.54 Å². The number of nitrogens with one attached hydrogen (secondary N) is 1. The van der Waals surface area contributed by atoms with E-state index in [9.17, 15) is 4.39 Å². The molecule has 0 radical (unpaired) electrons. The van der Waals surface area contributed by atoms with Gasteiger partial charge >= 0.3 is 0 Å². The van der Waals surface area contributed by atoms with E-state index in [-0.39, 0.29) is 5.82 Å². The van der Waals surface area contributed by atoms with Crippen LogP contribution in [0.2, 0.25) is 0 Å². The Hall–Kier alpha value is -1.13. The van der Waals surface area contributed by atoms with Crippen molar-refractivity contribution in [1.82, 2.24) is 10.2 Å². The summed E-state index contributed by atoms with van der Waals surface area (Å²) in [5.41, 5.74) is 0.977. The van der Waals surface area contributed by atoms with E-state index in [2.05, 4.69) is 24.1 Å². The lowest BCUT2D eigenvalue weighted by Crippen LogP contribution is -2.28. The third kappa shape index (κ3) is 4.76. The molecule has 0 atom stereocenters. The Balaban J connectivity index is 1.79. The van der Waals surface area contributed by atoms with Crippen molar-refractivity contribution in [2.75, 3.05) is 26.2 Å². The van der Waals surface area contributed by atoms with Crippen LogP contribution in [0.4, 0.5) is 4.39 Å². The van der Waals surface area contributed by atoms with Crippen LogP contribution in [0.5, 0.6) is 5.75 Å². The van der Waals surface area contributed by atoms with Crippen molar-refractivity contribution in [1.29, 1.82) is 0 Å². The molecule has 1 N–H and O–H groups in total. The van der Waals surface area contributed by atoms with Crippen LogP contribution in [0.15, 0.2) is 18.2 Å². The molecule has 0 heterocycles. The maximum atomic E-state index is 13.9. The minimum Gasteiger partial charge on any atom is -0.489 e. The maximum Gasteiger partial charge on any atom is 0.165 e. The molecule has 0 spiro atoms. The molecule has 1 fully saturated rings. The van der Waals surface area contributed by atoms with E-state index < -0.39 is 0 Å². The Morgan fingerprint density at radius 3 is 2.65 bits per heavy atom. The van der Waals surface area contributed by atoms with Crippen LogP contribution in [0, 0.1) is 5.82 Å². The molecule has 0 aliphatic heterocycles. The van der Waals surface area contributed by atoms with Crippen molar-refractivity contribution in [2.24, 2.45) is 0 Å². The topological polar surface area (TPSA) is 24.5 Å². The molecule has 1 aromatic rings. The maximum absolute atomic E-state index is 13.9. The number of ether oxygens (including phenoxy) is 1. The minimum absolute atomic E-state index is 0.264. The smallest absolute Gasteiger partial charge is 0.165 e. The van der Waals surface area contributed by atoms with E-state index in [0.29, 0.717) is 18.4 Å². The molecule has 2 rings (SSSR count). The van der Waals surface area contributed by atoms with E-state index in [0.717, 1.165) is 31.7 Å². The number of likely N-dealkylation sites (N-methyl/N-ethyl adjacent to an activating group) is 1. The molecule has 3 nitrogen and oxygen atoms in total. The third-order valence-corrected chi connectivity index (χ3v) is 3.73. The summed E-state index contributed by atoms with van der Waals surface area (Å²) in [6.45, 7) is 8.32. The monoisotopic (exact) mass is 280 g/mol. The molecule has 20 heavy (non-hydrogen) atoms. The summed E-state index contributed by atoms with van der Waals surface area (Å²) < 4.78 is 19.4. The first kappa shape index (κ1) is 15.3. The molecule has 1 aliphatic carbocycles. The summed E-state index contributed by atoms with van der Waals surface area (Å²) >= 11 is 0. The van der Waals surface area contributed by atoms with E-state index in [1.165, 1.54) is 12.8 Å². The van der Waals surface area contributed by atoms with Gasteiger partial charge in [0.25, 0.3) is 0 Å². The fraction of sp³-hybridized carbons (Fsp3) is 0.625. The molecule has 4 heteroatoms. The average molecular weight is 280 g/mol. The number of nitrogens with zero attached hydrogens (tertiary/aromatic N) is 1. The minimum atomic E-state index is -0.264. The number of hydrogen-bond donors (Lipinski definition) is 1. The molecule has 1 aromatic carbocycles. The Kier molecular flexibility index (Phi) is 5.80. The van der Waals surface area contributed by atoms with Crippen molar-refractivity contribution in [3.63, 3.8) is 0 Å². The van der Waals surface area contributed by atoms with Crippen molar-refractivity contribution in [3.05, 3.63) is 29.6 Å². The molecule has 0 bridgehead atoms. The van der Waals surface area contributed by atoms with Gasteiger partial charge in [-0.1, -0.05) is 19.9 Å². The predicted octanol–water partition coefficient (Wildman–Crippen LogP) is 2.80. The van der Waals surface area contributed by atoms with Crippen molar-refractivity contribution in [2.45, 2.75) is 39.3 Å². The van der Waals surface area contributed by atoms with Crippen molar-refractivity contribution >= 4 is 0 Å². The molecule has 0 unspecified atom stereocenters. The highest BCUT2D eigenvalue weighted by Crippen LogP contribution is 2.21. The predicted molar refractivity (Wildman–Crippen MR) is 79.5 cm³/mol. The van der Waals surface area contributed by atoms with E-state index in [4.69, 9.17) is 4.74 Å². The lowest BCUT2D eigenvalue weighted by molar-refractivity contribution is 0.217. The van der Waals surface area contributed by atoms with Crippen LogP contribution in [0.3, 0.4) is 0 Å². The number of hydrogen-bond acceptors (Lipinski definition) is 3. The molecular weight excluding hydrogens is 255 g/mol. The Labute approximate surface area is 121 Å². The molecule has 112 valence electrons. The van der Waals surface area contributed by atoms with Gasteiger partial charge < -0.3 is 15.0 Å². The lowest BCUT2D eigenvalue weighted by atomic mass is 10.2. The fourth-order valence-corrected chi connectivity index (χ4v) is 2.15. The summed E-state index contributed by atoms with van der Waals surface area (Å²) in [5, 5.41) is 3.38. The Morgan fingerprint density at radius 1 is 1.30 bits per heavy atom. The first-order chi connectivity index (χ1) is 9.72. The number of benzene rings is 1. The SMILES string of the molecule is CCN(CC)CCOc1ccc(CNC2CC2)cc1F. The van der Waals surface area contributed by atoms with Gasteiger partial charge in [-0.2, -0.15) is 0 Å². The molecular formula is C16H25FN2O. The van der Waals surface area contributed by atoms with Crippen molar-refractivity contribution < 1.29 is 9.13 Å². The van der Waals surface area contributed by atoms with Gasteiger partial charge in [0.2, 0.25) is 0 Å². The van der Waals surface area contributed by atoms with Crippen LogP contribution in [-0.4, -0.2) is 37.2 Å². The average Bonchev–Trinajstić information content (AvgIpc) is 3.27. The number of rotatable bonds is 9. The van der Waals surface area contributed by atoms with E-state index >= 15 is 0 Å². The summed E-state index contributed by atoms with van der Waals surface area (Å²) in [5.74, 6) is 0.0898. The molecule has 0 aromatic heterocycles. The van der Waals surface area contributed by atoms with E-state index in [1.807, 2.05) is 6.07 Å². The van der Waals surface area contributed by atoms with Crippen LogP contribution in [0.1, 0.15) is 32.3 Å². The number of halogens is 1. The summed E-state index contributed by atoms with van der Waals surface area (Å²) in [4.78, 5) is 2.26. The summed E-state index contributed by atoms with van der Waals surface area (Å²) in [6.07, 6.45) is 2.49. The largest absolute Gasteiger partial charge is 0.489 e. The standard InChI is InChI=1S/C16H25FN2O/c1-3-19(4-2)9-10-20-16-8-5-13(11-15(16)17)12-18-14-6-7-14/h5,8,11,14,18H,3-4,6-7,9-10,12H2,1-2H3. The van der Waals surface area contributed by atoms with Gasteiger partial charge in [-0.15, -0.1) is 0 Å². The van der Waals surface area contributed by atoms with Crippen LogP contribution < -0.4 is 10.1 Å². The summed E-state index contributed by atoms with van der Waals surface area (Å²) in [6, 6.07) is 5.89. The fourth-order valence-electron chi connectivity index (χ4n) is 2.15. The second-order valence-corrected chi connectivity index (χ2v) is 5.30. The molecule has 0 amide bonds. The molecule has 0 saturated heterocycles. The zero-order chi connectivity index (χ0) is 14.4. The van der Waals surface area contributed by atoms with Gasteiger partial charge in [-0.05, 0) is 43.6 Å². The normalized spacial score (nSPS) is 14.8. The zero-order valence-electron chi connectivity index (χ0n) is 12.5. The molecule has 1 aliphatic rings. The van der Waals surface area contributed by atoms with Crippen LogP contribution >= 0.6 is 0 Å². The Morgan fingerprint density at radius 2 is 2.05 bits per heavy atom. The zero-order valence-corrected chi connectivity index (χ0v) is 12.5. The lowest BCUT2D eigenvalue weighted by Gasteiger charge is -2.18. The molecule has 1 saturated carbocycles. The van der Waals surface area contributed by atoms with Gasteiger partial charge in [-0.25, -0.2) is 4.39 Å². The second-order valence-electron chi connectivity index (χ2n) is 5.30. The first-order valence-corrected chi connectivity index (χ1v) is 7.59. The van der Waals surface area contributed by atoms with Gasteiger partial charge in [-0.3, -0.25) is 0 Å². The highest BCUT2D eigenvalue weighted by atomic mass is 19.1. The highest BCUT2D eigenvalue weighted by Gasteiger charge is 2.20. The first-order valence-electron chi connectivity index (χ1n) is 7.59. The summed E-state index contributed by atoms with van der Waals surface area (Å²) in [7, 11) is 0. The van der Waals surface area contributed by atoms with Gasteiger partial charge in [0, 0.05) is 19.1 Å². The van der Waals surface area contributed by atoms with Gasteiger partial charge in [0.1, 0.15) is 6.61 Å². The van der Waals surface area contributed by atoms with Crippen molar-refractivity contribution in [3.8, 4) is 5.75 Å². The Bertz CT molecular complexity index is 417. The van der Waals surface area contributed by atoms with Crippen LogP contribution in [0.25, 0.3) is 0 Å². The van der Waals surface area contributed by atoms with Gasteiger partial charge in [0.15, 0.2) is 11.6 Å². The third-order valence-electron chi connectivity index (χ3n) is 3.73. The van der Waals surface area contributed by atoms with Gasteiger partial charge in [0.05, 0.1) is 0 Å².